The van der Waals surface area contributed by atoms with Crippen molar-refractivity contribution < 1.29 is 0 Å². The van der Waals surface area contributed by atoms with E-state index in [2.05, 4.69) is 31.1 Å². The molecule has 0 aliphatic heterocycles. The van der Waals surface area contributed by atoms with Crippen LogP contribution in [0.5, 0.6) is 0 Å². The van der Waals surface area contributed by atoms with Crippen LogP contribution in [0.1, 0.15) is 46.0 Å². The van der Waals surface area contributed by atoms with E-state index in [0.717, 1.165) is 6.54 Å². The van der Waals surface area contributed by atoms with Crippen LogP contribution in [-0.4, -0.2) is 38.1 Å². The van der Waals surface area contributed by atoms with Gasteiger partial charge in [0.15, 0.2) is 0 Å². The Balaban J connectivity index is 3.02. The van der Waals surface area contributed by atoms with Gasteiger partial charge in [-0.2, -0.15) is 0 Å². The summed E-state index contributed by atoms with van der Waals surface area (Å²) in [6, 6.07) is 0. The van der Waals surface area contributed by atoms with Crippen molar-refractivity contribution in [2.45, 2.75) is 46.0 Å². The van der Waals surface area contributed by atoms with Gasteiger partial charge < -0.3 is 10.2 Å². The molecule has 1 N–H and O–H groups in total. The molecule has 0 atom stereocenters. The molecule has 2 heteroatoms. The van der Waals surface area contributed by atoms with E-state index in [-0.39, 0.29) is 0 Å². The molecule has 0 amide bonds. The lowest BCUT2D eigenvalue weighted by atomic mass is 10.2. The van der Waals surface area contributed by atoms with Gasteiger partial charge >= 0.3 is 0 Å². The molecule has 14 heavy (non-hydrogen) atoms. The van der Waals surface area contributed by atoms with Gasteiger partial charge in [0, 0.05) is 0 Å². The Hall–Kier alpha value is -0.0800. The molecular weight excluding hydrogens is 172 g/mol. The van der Waals surface area contributed by atoms with Crippen molar-refractivity contribution in [3.8, 4) is 0 Å². The molecule has 0 aromatic heterocycles. The molecule has 0 aliphatic carbocycles. The van der Waals surface area contributed by atoms with Gasteiger partial charge in [-0.15, -0.1) is 0 Å². The van der Waals surface area contributed by atoms with Crippen LogP contribution in [-0.2, 0) is 0 Å². The summed E-state index contributed by atoms with van der Waals surface area (Å²) >= 11 is 0. The fraction of sp³-hybridized carbons (Fsp3) is 1.00. The topological polar surface area (TPSA) is 15.3 Å². The van der Waals surface area contributed by atoms with E-state index in [9.17, 15) is 0 Å². The van der Waals surface area contributed by atoms with E-state index in [1.54, 1.807) is 0 Å². The maximum atomic E-state index is 3.36. The predicted octanol–water partition coefficient (Wildman–Crippen LogP) is 2.50. The average Bonchev–Trinajstić information content (AvgIpc) is 2.20. The third kappa shape index (κ3) is 10.0. The standard InChI is InChI=1S/C12H28N2/c1-4-6-11-14(3)12-9-7-8-10-13-5-2/h13H,4-12H2,1-3H3. The van der Waals surface area contributed by atoms with Gasteiger partial charge in [0.25, 0.3) is 0 Å². The third-order valence-corrected chi connectivity index (χ3v) is 2.54. The summed E-state index contributed by atoms with van der Waals surface area (Å²) in [6.07, 6.45) is 6.70. The second-order valence-corrected chi connectivity index (χ2v) is 4.07. The molecule has 0 aliphatic rings. The van der Waals surface area contributed by atoms with E-state index in [1.807, 2.05) is 0 Å². The molecule has 0 aromatic rings. The largest absolute Gasteiger partial charge is 0.317 e. The molecule has 2 nitrogen and oxygen atoms in total. The summed E-state index contributed by atoms with van der Waals surface area (Å²) in [5.74, 6) is 0. The number of hydrogen-bond acceptors (Lipinski definition) is 2. The van der Waals surface area contributed by atoms with Crippen LogP contribution in [0.2, 0.25) is 0 Å². The molecule has 0 aromatic carbocycles. The summed E-state index contributed by atoms with van der Waals surface area (Å²) in [5.41, 5.74) is 0. The number of rotatable bonds is 10. The molecule has 0 rings (SSSR count). The average molecular weight is 200 g/mol. The van der Waals surface area contributed by atoms with Crippen LogP contribution in [0.3, 0.4) is 0 Å². The van der Waals surface area contributed by atoms with Crippen molar-refractivity contribution in [2.75, 3.05) is 33.2 Å². The van der Waals surface area contributed by atoms with Crippen molar-refractivity contribution in [3.05, 3.63) is 0 Å². The maximum absolute atomic E-state index is 3.36. The Morgan fingerprint density at radius 2 is 1.64 bits per heavy atom. The molecular formula is C12H28N2. The van der Waals surface area contributed by atoms with E-state index < -0.39 is 0 Å². The normalized spacial score (nSPS) is 11.1. The maximum Gasteiger partial charge on any atom is -0.00218 e. The zero-order valence-corrected chi connectivity index (χ0v) is 10.3. The van der Waals surface area contributed by atoms with Gasteiger partial charge in [-0.1, -0.05) is 26.7 Å². The van der Waals surface area contributed by atoms with Gasteiger partial charge in [0.2, 0.25) is 0 Å². The lowest BCUT2D eigenvalue weighted by Gasteiger charge is -2.15. The van der Waals surface area contributed by atoms with Crippen molar-refractivity contribution >= 4 is 0 Å². The molecule has 0 fully saturated rings. The van der Waals surface area contributed by atoms with E-state index in [1.165, 1.54) is 51.7 Å². The van der Waals surface area contributed by atoms with Gasteiger partial charge in [0.05, 0.1) is 0 Å². The predicted molar refractivity (Wildman–Crippen MR) is 64.8 cm³/mol. The highest BCUT2D eigenvalue weighted by Gasteiger charge is 1.96. The van der Waals surface area contributed by atoms with Crippen LogP contribution in [0.15, 0.2) is 0 Å². The monoisotopic (exact) mass is 200 g/mol. The van der Waals surface area contributed by atoms with Gasteiger partial charge in [0.1, 0.15) is 0 Å². The minimum Gasteiger partial charge on any atom is -0.317 e. The zero-order chi connectivity index (χ0) is 10.6. The molecule has 0 heterocycles. The first-order valence-electron chi connectivity index (χ1n) is 6.20. The summed E-state index contributed by atoms with van der Waals surface area (Å²) in [4.78, 5) is 2.46. The molecule has 0 saturated carbocycles. The van der Waals surface area contributed by atoms with Gasteiger partial charge in [-0.05, 0) is 52.5 Å². The zero-order valence-electron chi connectivity index (χ0n) is 10.3. The molecule has 0 radical (unpaired) electrons. The number of nitrogens with one attached hydrogen (secondary N) is 1. The van der Waals surface area contributed by atoms with Crippen LogP contribution >= 0.6 is 0 Å². The number of nitrogens with zero attached hydrogens (tertiary/aromatic N) is 1. The lowest BCUT2D eigenvalue weighted by Crippen LogP contribution is -2.21. The first kappa shape index (κ1) is 13.9. The van der Waals surface area contributed by atoms with Crippen LogP contribution in [0, 0.1) is 0 Å². The fourth-order valence-corrected chi connectivity index (χ4v) is 1.53. The van der Waals surface area contributed by atoms with Crippen molar-refractivity contribution in [3.63, 3.8) is 0 Å². The highest BCUT2D eigenvalue weighted by molar-refractivity contribution is 4.53. The number of unbranched alkanes of at least 4 members (excludes halogenated alkanes) is 3. The van der Waals surface area contributed by atoms with Crippen molar-refractivity contribution in [1.29, 1.82) is 0 Å². The van der Waals surface area contributed by atoms with Crippen LogP contribution < -0.4 is 5.32 Å². The molecule has 0 spiro atoms. The molecule has 0 saturated heterocycles. The highest BCUT2D eigenvalue weighted by atomic mass is 15.1. The smallest absolute Gasteiger partial charge is 0.00218 e. The van der Waals surface area contributed by atoms with Gasteiger partial charge in [-0.25, -0.2) is 0 Å². The summed E-state index contributed by atoms with van der Waals surface area (Å²) < 4.78 is 0. The Morgan fingerprint density at radius 1 is 0.929 bits per heavy atom. The van der Waals surface area contributed by atoms with Crippen LogP contribution in [0.25, 0.3) is 0 Å². The van der Waals surface area contributed by atoms with Gasteiger partial charge in [-0.3, -0.25) is 0 Å². The first-order chi connectivity index (χ1) is 6.81. The minimum atomic E-state index is 1.11. The molecule has 86 valence electrons. The third-order valence-electron chi connectivity index (χ3n) is 2.54. The Bertz CT molecular complexity index is 104. The molecule has 0 unspecified atom stereocenters. The first-order valence-corrected chi connectivity index (χ1v) is 6.20. The second kappa shape index (κ2) is 11.0. The van der Waals surface area contributed by atoms with Crippen molar-refractivity contribution in [2.24, 2.45) is 0 Å². The molecule has 0 bridgehead atoms. The summed E-state index contributed by atoms with van der Waals surface area (Å²) in [5, 5.41) is 3.36. The Labute approximate surface area is 90.1 Å². The Morgan fingerprint density at radius 3 is 2.29 bits per heavy atom. The van der Waals surface area contributed by atoms with Crippen molar-refractivity contribution in [1.82, 2.24) is 10.2 Å². The number of hydrogen-bond donors (Lipinski definition) is 1. The summed E-state index contributed by atoms with van der Waals surface area (Å²) in [6.45, 7) is 9.25. The van der Waals surface area contributed by atoms with Crippen LogP contribution in [0.4, 0.5) is 0 Å². The summed E-state index contributed by atoms with van der Waals surface area (Å²) in [7, 11) is 2.24. The fourth-order valence-electron chi connectivity index (χ4n) is 1.53. The minimum absolute atomic E-state index is 1.11. The Kier molecular flexibility index (Phi) is 10.9. The highest BCUT2D eigenvalue weighted by Crippen LogP contribution is 1.98. The van der Waals surface area contributed by atoms with E-state index in [0.29, 0.717) is 0 Å². The SMILES string of the molecule is CCCCN(C)CCCCCNCC. The lowest BCUT2D eigenvalue weighted by molar-refractivity contribution is 0.318. The van der Waals surface area contributed by atoms with E-state index >= 15 is 0 Å². The van der Waals surface area contributed by atoms with E-state index in [4.69, 9.17) is 0 Å². The quantitative estimate of drug-likeness (QED) is 0.545. The second-order valence-electron chi connectivity index (χ2n) is 4.07.